The van der Waals surface area contributed by atoms with Crippen LogP contribution in [0.25, 0.3) is 5.69 Å². The van der Waals surface area contributed by atoms with Crippen LogP contribution in [0.15, 0.2) is 100 Å². The summed E-state index contributed by atoms with van der Waals surface area (Å²) in [4.78, 5) is 14.8. The van der Waals surface area contributed by atoms with Crippen LogP contribution in [-0.2, 0) is 4.79 Å². The standard InChI is InChI=1S/C23H20N4OS2/c1-17-9-5-7-13-20(17)27-16-24-26-23(27)29-15-22(28)25-19-12-6-8-14-21(19)30-18-10-3-2-4-11-18/h2-14,16H,15H2,1H3,(H,25,28). The lowest BCUT2D eigenvalue weighted by atomic mass is 10.2. The van der Waals surface area contributed by atoms with Crippen molar-refractivity contribution >= 4 is 35.1 Å². The van der Waals surface area contributed by atoms with Crippen LogP contribution in [-0.4, -0.2) is 26.4 Å². The van der Waals surface area contributed by atoms with Gasteiger partial charge in [-0.15, -0.1) is 10.2 Å². The van der Waals surface area contributed by atoms with E-state index in [1.165, 1.54) is 11.8 Å². The quantitative estimate of drug-likeness (QED) is 0.393. The van der Waals surface area contributed by atoms with Crippen molar-refractivity contribution in [3.05, 3.63) is 90.8 Å². The summed E-state index contributed by atoms with van der Waals surface area (Å²) in [6, 6.07) is 26.0. The van der Waals surface area contributed by atoms with E-state index in [1.807, 2.05) is 78.2 Å². The average molecular weight is 433 g/mol. The molecule has 5 nitrogen and oxygen atoms in total. The monoisotopic (exact) mass is 432 g/mol. The highest BCUT2D eigenvalue weighted by molar-refractivity contribution is 8.00. The van der Waals surface area contributed by atoms with E-state index in [4.69, 9.17) is 0 Å². The van der Waals surface area contributed by atoms with Crippen molar-refractivity contribution in [3.8, 4) is 5.69 Å². The largest absolute Gasteiger partial charge is 0.324 e. The number of anilines is 1. The van der Waals surface area contributed by atoms with Crippen LogP contribution in [0.3, 0.4) is 0 Å². The molecule has 0 saturated heterocycles. The van der Waals surface area contributed by atoms with Crippen molar-refractivity contribution in [1.82, 2.24) is 14.8 Å². The summed E-state index contributed by atoms with van der Waals surface area (Å²) in [6.45, 7) is 2.04. The van der Waals surface area contributed by atoms with Gasteiger partial charge in [0.1, 0.15) is 6.33 Å². The zero-order valence-corrected chi connectivity index (χ0v) is 18.0. The van der Waals surface area contributed by atoms with Crippen molar-refractivity contribution in [2.75, 3.05) is 11.1 Å². The van der Waals surface area contributed by atoms with E-state index in [0.717, 1.165) is 26.7 Å². The number of carbonyl (C=O) groups is 1. The van der Waals surface area contributed by atoms with Gasteiger partial charge in [0.25, 0.3) is 0 Å². The van der Waals surface area contributed by atoms with Crippen molar-refractivity contribution in [3.63, 3.8) is 0 Å². The van der Waals surface area contributed by atoms with E-state index >= 15 is 0 Å². The first-order chi connectivity index (χ1) is 14.7. The van der Waals surface area contributed by atoms with E-state index < -0.39 is 0 Å². The zero-order valence-electron chi connectivity index (χ0n) is 16.4. The second-order valence-electron chi connectivity index (χ2n) is 6.52. The Kier molecular flexibility index (Phi) is 6.51. The summed E-state index contributed by atoms with van der Waals surface area (Å²) in [7, 11) is 0. The maximum absolute atomic E-state index is 12.6. The number of hydrogen-bond donors (Lipinski definition) is 1. The Morgan fingerprint density at radius 3 is 2.53 bits per heavy atom. The molecule has 150 valence electrons. The van der Waals surface area contributed by atoms with Crippen molar-refractivity contribution in [1.29, 1.82) is 0 Å². The average Bonchev–Trinajstić information content (AvgIpc) is 3.23. The molecule has 4 aromatic rings. The lowest BCUT2D eigenvalue weighted by Crippen LogP contribution is -2.15. The normalized spacial score (nSPS) is 10.7. The van der Waals surface area contributed by atoms with Gasteiger partial charge in [-0.1, -0.05) is 72.1 Å². The molecule has 0 aliphatic rings. The maximum Gasteiger partial charge on any atom is 0.234 e. The third-order valence-electron chi connectivity index (χ3n) is 4.36. The SMILES string of the molecule is Cc1ccccc1-n1cnnc1SCC(=O)Nc1ccccc1Sc1ccccc1. The Bertz CT molecular complexity index is 1140. The number of aryl methyl sites for hydroxylation is 1. The van der Waals surface area contributed by atoms with Crippen LogP contribution >= 0.6 is 23.5 Å². The molecule has 1 amide bonds. The van der Waals surface area contributed by atoms with Crippen LogP contribution in [0, 0.1) is 6.92 Å². The molecule has 0 atom stereocenters. The summed E-state index contributed by atoms with van der Waals surface area (Å²) in [6.07, 6.45) is 1.67. The van der Waals surface area contributed by atoms with E-state index in [9.17, 15) is 4.79 Å². The summed E-state index contributed by atoms with van der Waals surface area (Å²) >= 11 is 2.99. The number of nitrogens with zero attached hydrogens (tertiary/aromatic N) is 3. The zero-order chi connectivity index (χ0) is 20.8. The van der Waals surface area contributed by atoms with Gasteiger partial charge in [0.05, 0.1) is 17.1 Å². The van der Waals surface area contributed by atoms with Crippen LogP contribution < -0.4 is 5.32 Å². The molecule has 0 aliphatic carbocycles. The molecule has 0 bridgehead atoms. The molecule has 4 rings (SSSR count). The van der Waals surface area contributed by atoms with E-state index in [2.05, 4.69) is 27.6 Å². The molecule has 0 aliphatic heterocycles. The van der Waals surface area contributed by atoms with E-state index in [0.29, 0.717) is 5.16 Å². The van der Waals surface area contributed by atoms with Crippen LogP contribution in [0.5, 0.6) is 0 Å². The lowest BCUT2D eigenvalue weighted by Gasteiger charge is -2.11. The summed E-state index contributed by atoms with van der Waals surface area (Å²) in [5.74, 6) is 0.162. The topological polar surface area (TPSA) is 59.8 Å². The van der Waals surface area contributed by atoms with Crippen LogP contribution in [0.2, 0.25) is 0 Å². The number of nitrogens with one attached hydrogen (secondary N) is 1. The van der Waals surface area contributed by atoms with Gasteiger partial charge in [0.2, 0.25) is 5.91 Å². The third kappa shape index (κ3) is 4.93. The fourth-order valence-corrected chi connectivity index (χ4v) is 4.56. The Morgan fingerprint density at radius 2 is 1.70 bits per heavy atom. The molecule has 1 heterocycles. The van der Waals surface area contributed by atoms with E-state index in [-0.39, 0.29) is 11.7 Å². The molecule has 3 aromatic carbocycles. The number of rotatable bonds is 7. The lowest BCUT2D eigenvalue weighted by molar-refractivity contribution is -0.113. The molecule has 1 aromatic heterocycles. The van der Waals surface area contributed by atoms with Gasteiger partial charge >= 0.3 is 0 Å². The van der Waals surface area contributed by atoms with Crippen LogP contribution in [0.1, 0.15) is 5.56 Å². The number of aromatic nitrogens is 3. The molecule has 0 saturated carbocycles. The molecule has 30 heavy (non-hydrogen) atoms. The number of hydrogen-bond acceptors (Lipinski definition) is 5. The number of carbonyl (C=O) groups excluding carboxylic acids is 1. The van der Waals surface area contributed by atoms with Crippen molar-refractivity contribution in [2.24, 2.45) is 0 Å². The number of thioether (sulfide) groups is 1. The van der Waals surface area contributed by atoms with Gasteiger partial charge in [-0.05, 0) is 42.8 Å². The Morgan fingerprint density at radius 1 is 0.967 bits per heavy atom. The highest BCUT2D eigenvalue weighted by Gasteiger charge is 2.13. The van der Waals surface area contributed by atoms with Gasteiger partial charge < -0.3 is 5.32 Å². The number of para-hydroxylation sites is 2. The minimum Gasteiger partial charge on any atom is -0.324 e. The van der Waals surface area contributed by atoms with Crippen molar-refractivity contribution in [2.45, 2.75) is 21.9 Å². The highest BCUT2D eigenvalue weighted by atomic mass is 32.2. The van der Waals surface area contributed by atoms with Gasteiger partial charge in [-0.25, -0.2) is 0 Å². The minimum atomic E-state index is -0.0829. The van der Waals surface area contributed by atoms with Gasteiger partial charge in [-0.3, -0.25) is 9.36 Å². The first-order valence-electron chi connectivity index (χ1n) is 9.41. The Hall–Kier alpha value is -3.03. The molecule has 0 spiro atoms. The summed E-state index contributed by atoms with van der Waals surface area (Å²) in [5.41, 5.74) is 2.93. The van der Waals surface area contributed by atoms with E-state index in [1.54, 1.807) is 18.1 Å². The number of amides is 1. The predicted octanol–water partition coefficient (Wildman–Crippen LogP) is 5.46. The molecular formula is C23H20N4OS2. The number of benzene rings is 3. The second-order valence-corrected chi connectivity index (χ2v) is 8.58. The predicted molar refractivity (Wildman–Crippen MR) is 122 cm³/mol. The van der Waals surface area contributed by atoms with Crippen molar-refractivity contribution < 1.29 is 4.79 Å². The smallest absolute Gasteiger partial charge is 0.234 e. The fourth-order valence-electron chi connectivity index (χ4n) is 2.91. The molecule has 1 N–H and O–H groups in total. The first kappa shape index (κ1) is 20.3. The first-order valence-corrected chi connectivity index (χ1v) is 11.2. The summed E-state index contributed by atoms with van der Waals surface area (Å²) in [5, 5.41) is 11.9. The van der Waals surface area contributed by atoms with Gasteiger partial charge in [-0.2, -0.15) is 0 Å². The Balaban J connectivity index is 1.42. The Labute approximate surface area is 183 Å². The summed E-state index contributed by atoms with van der Waals surface area (Å²) < 4.78 is 1.91. The van der Waals surface area contributed by atoms with Crippen LogP contribution in [0.4, 0.5) is 5.69 Å². The molecule has 7 heteroatoms. The second kappa shape index (κ2) is 9.65. The highest BCUT2D eigenvalue weighted by Crippen LogP contribution is 2.33. The molecule has 0 unspecified atom stereocenters. The minimum absolute atomic E-state index is 0.0829. The molecule has 0 fully saturated rings. The molecular weight excluding hydrogens is 412 g/mol. The fraction of sp³-hybridized carbons (Fsp3) is 0.0870. The molecule has 0 radical (unpaired) electrons. The van der Waals surface area contributed by atoms with Gasteiger partial charge in [0.15, 0.2) is 5.16 Å². The van der Waals surface area contributed by atoms with Gasteiger partial charge in [0, 0.05) is 9.79 Å². The third-order valence-corrected chi connectivity index (χ3v) is 6.38. The maximum atomic E-state index is 12.6.